The van der Waals surface area contributed by atoms with Crippen molar-refractivity contribution in [1.29, 1.82) is 0 Å². The van der Waals surface area contributed by atoms with Crippen LogP contribution < -0.4 is 0 Å². The molecule has 2 rings (SSSR count). The van der Waals surface area contributed by atoms with Crippen molar-refractivity contribution in [2.45, 2.75) is 19.5 Å². The monoisotopic (exact) mass is 226 g/mol. The molecule has 2 aromatic rings. The van der Waals surface area contributed by atoms with E-state index in [1.165, 1.54) is 12.3 Å². The summed E-state index contributed by atoms with van der Waals surface area (Å²) in [4.78, 5) is 8.14. The Hall–Kier alpha value is -1.65. The van der Waals surface area contributed by atoms with Crippen LogP contribution in [0.3, 0.4) is 0 Å². The Balaban J connectivity index is 2.54. The number of halogens is 3. The zero-order valence-corrected chi connectivity index (χ0v) is 8.54. The van der Waals surface area contributed by atoms with Crippen molar-refractivity contribution < 1.29 is 13.2 Å². The number of rotatable bonds is 1. The molecule has 0 fully saturated rings. The summed E-state index contributed by atoms with van der Waals surface area (Å²) in [5.41, 5.74) is 1.68. The molecule has 2 nitrogen and oxygen atoms in total. The molecule has 0 N–H and O–H groups in total. The molecule has 1 heterocycles. The number of hydrogen-bond donors (Lipinski definition) is 0. The highest BCUT2D eigenvalue weighted by molar-refractivity contribution is 5.77. The van der Waals surface area contributed by atoms with Gasteiger partial charge in [-0.15, -0.1) is 0 Å². The fourth-order valence-corrected chi connectivity index (χ4v) is 1.55. The van der Waals surface area contributed by atoms with E-state index in [1.54, 1.807) is 19.1 Å². The number of para-hydroxylation sites is 1. The van der Waals surface area contributed by atoms with E-state index in [9.17, 15) is 13.2 Å². The standard InChI is InChI=1S/C11H9F3N2/c1-7-6-15-10-8(5-11(12,13)14)3-2-4-9(10)16-7/h2-4,6H,5H2,1H3. The van der Waals surface area contributed by atoms with E-state index in [4.69, 9.17) is 0 Å². The van der Waals surface area contributed by atoms with Crippen LogP contribution in [0.5, 0.6) is 0 Å². The van der Waals surface area contributed by atoms with Crippen LogP contribution in [0.2, 0.25) is 0 Å². The first-order valence-corrected chi connectivity index (χ1v) is 4.74. The smallest absolute Gasteiger partial charge is 0.252 e. The van der Waals surface area contributed by atoms with Gasteiger partial charge < -0.3 is 0 Å². The topological polar surface area (TPSA) is 25.8 Å². The minimum absolute atomic E-state index is 0.164. The molecule has 0 radical (unpaired) electrons. The van der Waals surface area contributed by atoms with E-state index in [0.29, 0.717) is 16.7 Å². The average molecular weight is 226 g/mol. The molecule has 1 aromatic heterocycles. The van der Waals surface area contributed by atoms with Gasteiger partial charge >= 0.3 is 6.18 Å². The fourth-order valence-electron chi connectivity index (χ4n) is 1.55. The number of fused-ring (bicyclic) bond motifs is 1. The zero-order valence-electron chi connectivity index (χ0n) is 8.54. The maximum Gasteiger partial charge on any atom is 0.393 e. The lowest BCUT2D eigenvalue weighted by molar-refractivity contribution is -0.127. The van der Waals surface area contributed by atoms with E-state index >= 15 is 0 Å². The van der Waals surface area contributed by atoms with Crippen LogP contribution in [0.15, 0.2) is 24.4 Å². The SMILES string of the molecule is Cc1cnc2c(CC(F)(F)F)cccc2n1. The number of nitrogens with zero attached hydrogens (tertiary/aromatic N) is 2. The lowest BCUT2D eigenvalue weighted by Crippen LogP contribution is -2.12. The van der Waals surface area contributed by atoms with Gasteiger partial charge in [0.2, 0.25) is 0 Å². The minimum atomic E-state index is -4.22. The van der Waals surface area contributed by atoms with E-state index in [-0.39, 0.29) is 5.56 Å². The molecule has 5 heteroatoms. The van der Waals surface area contributed by atoms with Crippen molar-refractivity contribution in [2.24, 2.45) is 0 Å². The maximum atomic E-state index is 12.3. The van der Waals surface area contributed by atoms with Crippen molar-refractivity contribution in [3.63, 3.8) is 0 Å². The minimum Gasteiger partial charge on any atom is -0.252 e. The Morgan fingerprint density at radius 2 is 2.00 bits per heavy atom. The number of benzene rings is 1. The molecule has 16 heavy (non-hydrogen) atoms. The summed E-state index contributed by atoms with van der Waals surface area (Å²) >= 11 is 0. The Bertz CT molecular complexity index is 520. The third-order valence-corrected chi connectivity index (χ3v) is 2.17. The van der Waals surface area contributed by atoms with Crippen LogP contribution in [0.4, 0.5) is 13.2 Å². The zero-order chi connectivity index (χ0) is 11.8. The molecule has 0 saturated carbocycles. The van der Waals surface area contributed by atoms with Crippen LogP contribution in [0, 0.1) is 6.92 Å². The first kappa shape index (κ1) is 10.9. The van der Waals surface area contributed by atoms with Gasteiger partial charge in [0.25, 0.3) is 0 Å². The Morgan fingerprint density at radius 1 is 1.25 bits per heavy atom. The van der Waals surface area contributed by atoms with Crippen LogP contribution in [-0.2, 0) is 6.42 Å². The van der Waals surface area contributed by atoms with Gasteiger partial charge in [-0.05, 0) is 18.6 Å². The first-order chi connectivity index (χ1) is 7.46. The van der Waals surface area contributed by atoms with Crippen molar-refractivity contribution >= 4 is 11.0 Å². The number of hydrogen-bond acceptors (Lipinski definition) is 2. The van der Waals surface area contributed by atoms with Gasteiger partial charge in [0.15, 0.2) is 0 Å². The average Bonchev–Trinajstić information content (AvgIpc) is 2.15. The third kappa shape index (κ3) is 2.29. The van der Waals surface area contributed by atoms with Crippen molar-refractivity contribution in [1.82, 2.24) is 9.97 Å². The van der Waals surface area contributed by atoms with Crippen LogP contribution in [0.25, 0.3) is 11.0 Å². The Kier molecular flexibility index (Phi) is 2.53. The van der Waals surface area contributed by atoms with Crippen LogP contribution >= 0.6 is 0 Å². The normalized spacial score (nSPS) is 12.0. The summed E-state index contributed by atoms with van der Waals surface area (Å²) < 4.78 is 36.9. The van der Waals surface area contributed by atoms with Gasteiger partial charge in [-0.3, -0.25) is 4.98 Å². The molecule has 0 unspecified atom stereocenters. The summed E-state index contributed by atoms with van der Waals surface area (Å²) in [5, 5.41) is 0. The van der Waals surface area contributed by atoms with Gasteiger partial charge in [0.1, 0.15) is 0 Å². The molecule has 0 aliphatic heterocycles. The first-order valence-electron chi connectivity index (χ1n) is 4.74. The van der Waals surface area contributed by atoms with Gasteiger partial charge in [-0.2, -0.15) is 13.2 Å². The Morgan fingerprint density at radius 3 is 2.69 bits per heavy atom. The van der Waals surface area contributed by atoms with Gasteiger partial charge in [0.05, 0.1) is 23.1 Å². The summed E-state index contributed by atoms with van der Waals surface area (Å²) in [5.74, 6) is 0. The molecule has 84 valence electrons. The second kappa shape index (κ2) is 3.73. The molecular formula is C11H9F3N2. The molecule has 0 bridgehead atoms. The predicted molar refractivity (Wildman–Crippen MR) is 54.0 cm³/mol. The van der Waals surface area contributed by atoms with Gasteiger partial charge in [-0.1, -0.05) is 12.1 Å². The molecule has 0 aliphatic rings. The lowest BCUT2D eigenvalue weighted by atomic mass is 10.1. The molecule has 0 saturated heterocycles. The molecule has 0 spiro atoms. The summed E-state index contributed by atoms with van der Waals surface area (Å²) in [6.45, 7) is 1.75. The summed E-state index contributed by atoms with van der Waals surface area (Å²) in [7, 11) is 0. The highest BCUT2D eigenvalue weighted by atomic mass is 19.4. The molecule has 1 aromatic carbocycles. The third-order valence-electron chi connectivity index (χ3n) is 2.17. The predicted octanol–water partition coefficient (Wildman–Crippen LogP) is 3.04. The molecule has 0 aliphatic carbocycles. The second-order valence-electron chi connectivity index (χ2n) is 3.59. The second-order valence-corrected chi connectivity index (χ2v) is 3.59. The number of aromatic nitrogens is 2. The van der Waals surface area contributed by atoms with Gasteiger partial charge in [0, 0.05) is 6.20 Å². The van der Waals surface area contributed by atoms with E-state index < -0.39 is 12.6 Å². The Labute approximate surface area is 90.1 Å². The molecule has 0 atom stereocenters. The van der Waals surface area contributed by atoms with Gasteiger partial charge in [-0.25, -0.2) is 4.98 Å². The largest absolute Gasteiger partial charge is 0.393 e. The lowest BCUT2D eigenvalue weighted by Gasteiger charge is -2.08. The highest BCUT2D eigenvalue weighted by Gasteiger charge is 2.28. The highest BCUT2D eigenvalue weighted by Crippen LogP contribution is 2.24. The van der Waals surface area contributed by atoms with E-state index in [1.807, 2.05) is 0 Å². The van der Waals surface area contributed by atoms with Crippen LogP contribution in [-0.4, -0.2) is 16.1 Å². The fraction of sp³-hybridized carbons (Fsp3) is 0.273. The van der Waals surface area contributed by atoms with Crippen molar-refractivity contribution in [3.8, 4) is 0 Å². The van der Waals surface area contributed by atoms with Crippen molar-refractivity contribution in [2.75, 3.05) is 0 Å². The van der Waals surface area contributed by atoms with Crippen LogP contribution in [0.1, 0.15) is 11.3 Å². The summed E-state index contributed by atoms with van der Waals surface area (Å²) in [6, 6.07) is 4.66. The quantitative estimate of drug-likeness (QED) is 0.746. The van der Waals surface area contributed by atoms with Crippen molar-refractivity contribution in [3.05, 3.63) is 35.7 Å². The van der Waals surface area contributed by atoms with E-state index in [0.717, 1.165) is 0 Å². The number of aryl methyl sites for hydroxylation is 1. The maximum absolute atomic E-state index is 12.3. The molecular weight excluding hydrogens is 217 g/mol. The van der Waals surface area contributed by atoms with E-state index in [2.05, 4.69) is 9.97 Å². The number of alkyl halides is 3. The molecule has 0 amide bonds. The summed E-state index contributed by atoms with van der Waals surface area (Å²) in [6.07, 6.45) is -3.72.